The van der Waals surface area contributed by atoms with Crippen LogP contribution in [0.5, 0.6) is 0 Å². The Balaban J connectivity index is 2.34. The normalized spacial score (nSPS) is 17.8. The average molecular weight is 274 g/mol. The molecule has 0 aliphatic carbocycles. The van der Waals surface area contributed by atoms with Crippen molar-refractivity contribution in [1.29, 1.82) is 0 Å². The molecular weight excluding hydrogens is 255 g/mol. The number of nitrogens with two attached hydrogens (primary N) is 1. The summed E-state index contributed by atoms with van der Waals surface area (Å²) in [5.41, 5.74) is 6.23. The number of carbonyl (C=O) groups is 1. The van der Waals surface area contributed by atoms with Crippen molar-refractivity contribution in [3.63, 3.8) is 0 Å². The molecule has 1 saturated heterocycles. The molecule has 0 radical (unpaired) electrons. The molecule has 1 aliphatic heterocycles. The van der Waals surface area contributed by atoms with Gasteiger partial charge in [0.2, 0.25) is 0 Å². The van der Waals surface area contributed by atoms with Crippen LogP contribution in [0.25, 0.3) is 0 Å². The lowest BCUT2D eigenvalue weighted by Crippen LogP contribution is -2.35. The standard InChI is InChI=1S/C16H19FN2O/c1-2-14-6-4-10-19(14)16(20)15-8-7-13(17)11-12(15)5-3-9-18/h7-8,11,14H,2,4,6,9-10,18H2,1H3. The second-order valence-electron chi connectivity index (χ2n) is 4.90. The Morgan fingerprint density at radius 1 is 1.55 bits per heavy atom. The van der Waals surface area contributed by atoms with Crippen molar-refractivity contribution in [3.05, 3.63) is 35.1 Å². The zero-order valence-electron chi connectivity index (χ0n) is 11.7. The van der Waals surface area contributed by atoms with Crippen LogP contribution in [0.3, 0.4) is 0 Å². The first kappa shape index (κ1) is 14.5. The van der Waals surface area contributed by atoms with Crippen LogP contribution in [-0.4, -0.2) is 29.9 Å². The lowest BCUT2D eigenvalue weighted by Gasteiger charge is -2.24. The van der Waals surface area contributed by atoms with Gasteiger partial charge in [0.05, 0.1) is 12.1 Å². The summed E-state index contributed by atoms with van der Waals surface area (Å²) in [6.45, 7) is 3.03. The molecule has 1 amide bonds. The van der Waals surface area contributed by atoms with Gasteiger partial charge in [0, 0.05) is 18.2 Å². The number of carbonyl (C=O) groups excluding carboxylic acids is 1. The Kier molecular flexibility index (Phi) is 4.75. The lowest BCUT2D eigenvalue weighted by molar-refractivity contribution is 0.0733. The molecule has 2 rings (SSSR count). The quantitative estimate of drug-likeness (QED) is 0.840. The van der Waals surface area contributed by atoms with E-state index in [-0.39, 0.29) is 18.5 Å². The van der Waals surface area contributed by atoms with E-state index in [0.717, 1.165) is 25.8 Å². The third kappa shape index (κ3) is 3.00. The molecule has 1 aliphatic rings. The van der Waals surface area contributed by atoms with Crippen molar-refractivity contribution < 1.29 is 9.18 Å². The molecule has 1 aromatic carbocycles. The average Bonchev–Trinajstić information content (AvgIpc) is 2.93. The maximum absolute atomic E-state index is 13.3. The molecule has 0 spiro atoms. The van der Waals surface area contributed by atoms with Crippen molar-refractivity contribution in [3.8, 4) is 11.8 Å². The Bertz CT molecular complexity index is 559. The van der Waals surface area contributed by atoms with E-state index in [1.54, 1.807) is 0 Å². The number of hydrogen-bond donors (Lipinski definition) is 1. The van der Waals surface area contributed by atoms with Crippen LogP contribution in [0, 0.1) is 17.7 Å². The predicted octanol–water partition coefficient (Wildman–Crippen LogP) is 2.15. The molecule has 0 saturated carbocycles. The number of rotatable bonds is 2. The molecule has 1 unspecified atom stereocenters. The summed E-state index contributed by atoms with van der Waals surface area (Å²) in [6.07, 6.45) is 3.00. The number of hydrogen-bond acceptors (Lipinski definition) is 2. The van der Waals surface area contributed by atoms with Gasteiger partial charge in [0.15, 0.2) is 0 Å². The predicted molar refractivity (Wildman–Crippen MR) is 76.7 cm³/mol. The van der Waals surface area contributed by atoms with Gasteiger partial charge in [-0.1, -0.05) is 18.8 Å². The Labute approximate surface area is 119 Å². The van der Waals surface area contributed by atoms with E-state index in [1.807, 2.05) is 4.90 Å². The van der Waals surface area contributed by atoms with E-state index in [2.05, 4.69) is 18.8 Å². The van der Waals surface area contributed by atoms with Gasteiger partial charge in [-0.15, -0.1) is 0 Å². The van der Waals surface area contributed by atoms with Gasteiger partial charge in [-0.05, 0) is 37.5 Å². The van der Waals surface area contributed by atoms with Crippen LogP contribution in [0.2, 0.25) is 0 Å². The largest absolute Gasteiger partial charge is 0.336 e. The van der Waals surface area contributed by atoms with Crippen molar-refractivity contribution >= 4 is 5.91 Å². The fourth-order valence-electron chi connectivity index (χ4n) is 2.63. The van der Waals surface area contributed by atoms with E-state index in [4.69, 9.17) is 5.73 Å². The Morgan fingerprint density at radius 3 is 3.05 bits per heavy atom. The highest BCUT2D eigenvalue weighted by atomic mass is 19.1. The molecule has 0 bridgehead atoms. The summed E-state index contributed by atoms with van der Waals surface area (Å²) < 4.78 is 13.3. The fraction of sp³-hybridized carbons (Fsp3) is 0.438. The van der Waals surface area contributed by atoms with Gasteiger partial charge in [-0.25, -0.2) is 4.39 Å². The number of nitrogens with zero attached hydrogens (tertiary/aromatic N) is 1. The van der Waals surface area contributed by atoms with E-state index in [0.29, 0.717) is 11.1 Å². The third-order valence-corrected chi connectivity index (χ3v) is 3.65. The van der Waals surface area contributed by atoms with E-state index >= 15 is 0 Å². The summed E-state index contributed by atoms with van der Waals surface area (Å²) in [5, 5.41) is 0. The molecule has 2 N–H and O–H groups in total. The minimum absolute atomic E-state index is 0.0596. The zero-order chi connectivity index (χ0) is 14.5. The van der Waals surface area contributed by atoms with Crippen LogP contribution in [0.15, 0.2) is 18.2 Å². The van der Waals surface area contributed by atoms with Crippen molar-refractivity contribution in [1.82, 2.24) is 4.90 Å². The molecule has 20 heavy (non-hydrogen) atoms. The molecule has 1 fully saturated rings. The van der Waals surface area contributed by atoms with Gasteiger partial charge >= 0.3 is 0 Å². The summed E-state index contributed by atoms with van der Waals surface area (Å²) in [5.74, 6) is 5.02. The number of amides is 1. The highest BCUT2D eigenvalue weighted by Gasteiger charge is 2.29. The highest BCUT2D eigenvalue weighted by molar-refractivity contribution is 5.97. The van der Waals surface area contributed by atoms with Gasteiger partial charge in [-0.2, -0.15) is 0 Å². The minimum atomic E-state index is -0.392. The summed E-state index contributed by atoms with van der Waals surface area (Å²) >= 11 is 0. The maximum atomic E-state index is 13.3. The molecule has 1 atom stereocenters. The van der Waals surface area contributed by atoms with Crippen LogP contribution in [0.1, 0.15) is 42.1 Å². The van der Waals surface area contributed by atoms with Gasteiger partial charge < -0.3 is 10.6 Å². The van der Waals surface area contributed by atoms with Gasteiger partial charge in [0.1, 0.15) is 5.82 Å². The molecule has 1 heterocycles. The number of likely N-dealkylation sites (tertiary alicyclic amines) is 1. The second-order valence-corrected chi connectivity index (χ2v) is 4.90. The monoisotopic (exact) mass is 274 g/mol. The first-order valence-corrected chi connectivity index (χ1v) is 6.96. The van der Waals surface area contributed by atoms with E-state index in [1.165, 1.54) is 18.2 Å². The zero-order valence-corrected chi connectivity index (χ0v) is 11.7. The van der Waals surface area contributed by atoms with Crippen molar-refractivity contribution in [2.24, 2.45) is 5.73 Å². The molecular formula is C16H19FN2O. The smallest absolute Gasteiger partial charge is 0.255 e. The lowest BCUT2D eigenvalue weighted by atomic mass is 10.1. The minimum Gasteiger partial charge on any atom is -0.336 e. The van der Waals surface area contributed by atoms with Gasteiger partial charge in [0.25, 0.3) is 5.91 Å². The summed E-state index contributed by atoms with van der Waals surface area (Å²) in [6, 6.07) is 4.40. The van der Waals surface area contributed by atoms with Crippen LogP contribution < -0.4 is 5.73 Å². The molecule has 1 aromatic rings. The molecule has 0 aromatic heterocycles. The van der Waals surface area contributed by atoms with Gasteiger partial charge in [-0.3, -0.25) is 4.79 Å². The van der Waals surface area contributed by atoms with Crippen LogP contribution in [0.4, 0.5) is 4.39 Å². The maximum Gasteiger partial charge on any atom is 0.255 e. The summed E-state index contributed by atoms with van der Waals surface area (Å²) in [7, 11) is 0. The van der Waals surface area contributed by atoms with Crippen LogP contribution in [-0.2, 0) is 0 Å². The molecule has 4 heteroatoms. The Hall–Kier alpha value is -1.86. The summed E-state index contributed by atoms with van der Waals surface area (Å²) in [4.78, 5) is 14.5. The van der Waals surface area contributed by atoms with Crippen LogP contribution >= 0.6 is 0 Å². The second kappa shape index (κ2) is 6.53. The van der Waals surface area contributed by atoms with E-state index < -0.39 is 5.82 Å². The molecule has 3 nitrogen and oxygen atoms in total. The third-order valence-electron chi connectivity index (χ3n) is 3.65. The van der Waals surface area contributed by atoms with E-state index in [9.17, 15) is 9.18 Å². The van der Waals surface area contributed by atoms with Crippen molar-refractivity contribution in [2.45, 2.75) is 32.2 Å². The first-order chi connectivity index (χ1) is 9.67. The molecule has 106 valence electrons. The SMILES string of the molecule is CCC1CCCN1C(=O)c1ccc(F)cc1C#CCN. The fourth-order valence-corrected chi connectivity index (χ4v) is 2.63. The van der Waals surface area contributed by atoms with Crippen molar-refractivity contribution in [2.75, 3.05) is 13.1 Å². The first-order valence-electron chi connectivity index (χ1n) is 6.96. The Morgan fingerprint density at radius 2 is 2.35 bits per heavy atom. The topological polar surface area (TPSA) is 46.3 Å². The number of benzene rings is 1. The number of halogens is 1. The highest BCUT2D eigenvalue weighted by Crippen LogP contribution is 2.23.